The molecule has 0 spiro atoms. The predicted octanol–water partition coefficient (Wildman–Crippen LogP) is 3.77. The summed E-state index contributed by atoms with van der Waals surface area (Å²) in [5.74, 6) is 1.75. The van der Waals surface area contributed by atoms with E-state index in [1.807, 2.05) is 43.3 Å². The average Bonchev–Trinajstić information content (AvgIpc) is 3.14. The summed E-state index contributed by atoms with van der Waals surface area (Å²) < 4.78 is 5.93. The molecule has 0 saturated heterocycles. The molecule has 5 heteroatoms. The van der Waals surface area contributed by atoms with E-state index in [-0.39, 0.29) is 11.7 Å². The van der Waals surface area contributed by atoms with E-state index in [4.69, 9.17) is 4.42 Å². The van der Waals surface area contributed by atoms with Crippen molar-refractivity contribution < 1.29 is 14.0 Å². The Kier molecular flexibility index (Phi) is 5.32. The lowest BCUT2D eigenvalue weighted by atomic mass is 10.0. The van der Waals surface area contributed by atoms with Gasteiger partial charge in [-0.3, -0.25) is 9.59 Å². The summed E-state index contributed by atoms with van der Waals surface area (Å²) in [6, 6.07) is 18.2. The summed E-state index contributed by atoms with van der Waals surface area (Å²) in [5.41, 5.74) is 2.74. The highest BCUT2D eigenvalue weighted by Crippen LogP contribution is 2.25. The lowest BCUT2D eigenvalue weighted by Gasteiger charge is -2.26. The fraction of sp³-hybridized carbons (Fsp3) is 0.250. The van der Waals surface area contributed by atoms with E-state index in [0.29, 0.717) is 36.2 Å². The topological polar surface area (TPSA) is 53.8 Å². The van der Waals surface area contributed by atoms with Crippen LogP contribution in [0.5, 0.6) is 0 Å². The highest BCUT2D eigenvalue weighted by Gasteiger charge is 2.25. The van der Waals surface area contributed by atoms with Crippen LogP contribution in [-0.4, -0.2) is 42.1 Å². The van der Waals surface area contributed by atoms with Gasteiger partial charge >= 0.3 is 0 Å². The molecule has 0 radical (unpaired) electrons. The number of fused-ring (bicyclic) bond motifs is 1. The van der Waals surface area contributed by atoms with Crippen LogP contribution in [0.25, 0.3) is 0 Å². The van der Waals surface area contributed by atoms with Crippen molar-refractivity contribution in [1.29, 1.82) is 0 Å². The van der Waals surface area contributed by atoms with Gasteiger partial charge in [-0.05, 0) is 32.3 Å². The Morgan fingerprint density at radius 1 is 0.966 bits per heavy atom. The van der Waals surface area contributed by atoms with Gasteiger partial charge in [0.25, 0.3) is 5.91 Å². The normalized spacial score (nSPS) is 13.4. The Balaban J connectivity index is 1.52. The molecule has 0 saturated carbocycles. The molecule has 0 unspecified atom stereocenters. The first-order chi connectivity index (χ1) is 14.0. The van der Waals surface area contributed by atoms with Crippen LogP contribution in [0.4, 0.5) is 0 Å². The second kappa shape index (κ2) is 8.05. The standard InChI is InChI=1S/C24H24N2O3/c1-25(2)16-21-14-20-15-26(12-11-22(20)29-21)24(28)19-10-6-9-18(13-19)23(27)17-7-4-3-5-8-17/h3-10,13-14H,11-12,15-16H2,1-2H3. The number of benzene rings is 2. The Bertz CT molecular complexity index is 1040. The van der Waals surface area contributed by atoms with E-state index in [1.54, 1.807) is 36.4 Å². The summed E-state index contributed by atoms with van der Waals surface area (Å²) in [5, 5.41) is 0. The third kappa shape index (κ3) is 4.15. The summed E-state index contributed by atoms with van der Waals surface area (Å²) in [4.78, 5) is 29.7. The molecule has 1 aliphatic heterocycles. The Labute approximate surface area is 170 Å². The van der Waals surface area contributed by atoms with E-state index in [0.717, 1.165) is 23.6 Å². The number of carbonyl (C=O) groups excluding carboxylic acids is 2. The maximum atomic E-state index is 13.1. The van der Waals surface area contributed by atoms with Crippen molar-refractivity contribution in [3.05, 3.63) is 94.4 Å². The van der Waals surface area contributed by atoms with Crippen molar-refractivity contribution in [2.75, 3.05) is 20.6 Å². The highest BCUT2D eigenvalue weighted by atomic mass is 16.3. The van der Waals surface area contributed by atoms with E-state index in [9.17, 15) is 9.59 Å². The quantitative estimate of drug-likeness (QED) is 0.625. The molecule has 0 N–H and O–H groups in total. The van der Waals surface area contributed by atoms with Crippen LogP contribution in [0.15, 0.2) is 65.1 Å². The largest absolute Gasteiger partial charge is 0.464 e. The fourth-order valence-corrected chi connectivity index (χ4v) is 3.69. The SMILES string of the molecule is CN(C)Cc1cc2c(o1)CCN(C(=O)c1cccc(C(=O)c3ccccc3)c1)C2. The molecule has 29 heavy (non-hydrogen) atoms. The first-order valence-electron chi connectivity index (χ1n) is 9.75. The van der Waals surface area contributed by atoms with Crippen molar-refractivity contribution in [3.63, 3.8) is 0 Å². The van der Waals surface area contributed by atoms with Crippen LogP contribution in [-0.2, 0) is 19.5 Å². The lowest BCUT2D eigenvalue weighted by Crippen LogP contribution is -2.35. The van der Waals surface area contributed by atoms with Gasteiger partial charge in [-0.1, -0.05) is 42.5 Å². The van der Waals surface area contributed by atoms with Gasteiger partial charge in [0.15, 0.2) is 5.78 Å². The van der Waals surface area contributed by atoms with Gasteiger partial charge in [-0.15, -0.1) is 0 Å². The van der Waals surface area contributed by atoms with Gasteiger partial charge in [0.1, 0.15) is 11.5 Å². The van der Waals surface area contributed by atoms with Gasteiger partial charge < -0.3 is 14.2 Å². The summed E-state index contributed by atoms with van der Waals surface area (Å²) in [6.45, 7) is 1.88. The third-order valence-corrected chi connectivity index (χ3v) is 5.08. The van der Waals surface area contributed by atoms with Crippen LogP contribution >= 0.6 is 0 Å². The van der Waals surface area contributed by atoms with Crippen LogP contribution in [0.1, 0.15) is 43.4 Å². The summed E-state index contributed by atoms with van der Waals surface area (Å²) in [7, 11) is 4.00. The zero-order chi connectivity index (χ0) is 20.4. The molecule has 2 heterocycles. The Hall–Kier alpha value is -3.18. The molecule has 2 aromatic carbocycles. The van der Waals surface area contributed by atoms with Gasteiger partial charge in [0.2, 0.25) is 0 Å². The molecule has 148 valence electrons. The number of hydrogen-bond acceptors (Lipinski definition) is 4. The number of ketones is 1. The lowest BCUT2D eigenvalue weighted by molar-refractivity contribution is 0.0729. The van der Waals surface area contributed by atoms with Crippen LogP contribution in [0.2, 0.25) is 0 Å². The monoisotopic (exact) mass is 388 g/mol. The zero-order valence-electron chi connectivity index (χ0n) is 16.7. The fourth-order valence-electron chi connectivity index (χ4n) is 3.69. The minimum atomic E-state index is -0.0793. The predicted molar refractivity (Wildman–Crippen MR) is 111 cm³/mol. The molecule has 1 aliphatic rings. The highest BCUT2D eigenvalue weighted by molar-refractivity contribution is 6.10. The minimum Gasteiger partial charge on any atom is -0.464 e. The number of carbonyl (C=O) groups is 2. The van der Waals surface area contributed by atoms with Crippen molar-refractivity contribution in [3.8, 4) is 0 Å². The first kappa shape index (κ1) is 19.2. The zero-order valence-corrected chi connectivity index (χ0v) is 16.7. The third-order valence-electron chi connectivity index (χ3n) is 5.08. The Morgan fingerprint density at radius 3 is 2.45 bits per heavy atom. The molecule has 1 amide bonds. The second-order valence-electron chi connectivity index (χ2n) is 7.65. The molecule has 0 bridgehead atoms. The van der Waals surface area contributed by atoms with Gasteiger partial charge in [0, 0.05) is 41.8 Å². The van der Waals surface area contributed by atoms with E-state index >= 15 is 0 Å². The van der Waals surface area contributed by atoms with Crippen molar-refractivity contribution >= 4 is 11.7 Å². The molecular formula is C24H24N2O3. The van der Waals surface area contributed by atoms with Gasteiger partial charge in [-0.2, -0.15) is 0 Å². The number of amides is 1. The van der Waals surface area contributed by atoms with Crippen LogP contribution in [0, 0.1) is 0 Å². The maximum Gasteiger partial charge on any atom is 0.254 e. The van der Waals surface area contributed by atoms with Crippen molar-refractivity contribution in [2.24, 2.45) is 0 Å². The molecular weight excluding hydrogens is 364 g/mol. The maximum absolute atomic E-state index is 13.1. The smallest absolute Gasteiger partial charge is 0.254 e. The summed E-state index contributed by atoms with van der Waals surface area (Å²) >= 11 is 0. The molecule has 4 rings (SSSR count). The van der Waals surface area contributed by atoms with Gasteiger partial charge in [0.05, 0.1) is 6.54 Å². The van der Waals surface area contributed by atoms with E-state index < -0.39 is 0 Å². The van der Waals surface area contributed by atoms with E-state index in [2.05, 4.69) is 4.90 Å². The van der Waals surface area contributed by atoms with Crippen molar-refractivity contribution in [2.45, 2.75) is 19.5 Å². The molecule has 3 aromatic rings. The van der Waals surface area contributed by atoms with E-state index in [1.165, 1.54) is 0 Å². The van der Waals surface area contributed by atoms with Gasteiger partial charge in [-0.25, -0.2) is 0 Å². The molecule has 1 aromatic heterocycles. The number of furan rings is 1. The second-order valence-corrected chi connectivity index (χ2v) is 7.65. The molecule has 5 nitrogen and oxygen atoms in total. The van der Waals surface area contributed by atoms with Crippen LogP contribution in [0.3, 0.4) is 0 Å². The molecule has 0 aliphatic carbocycles. The number of hydrogen-bond donors (Lipinski definition) is 0. The average molecular weight is 388 g/mol. The Morgan fingerprint density at radius 2 is 1.69 bits per heavy atom. The minimum absolute atomic E-state index is 0.0614. The van der Waals surface area contributed by atoms with Crippen LogP contribution < -0.4 is 0 Å². The van der Waals surface area contributed by atoms with Crippen molar-refractivity contribution in [1.82, 2.24) is 9.80 Å². The number of nitrogens with zero attached hydrogens (tertiary/aromatic N) is 2. The molecule has 0 atom stereocenters. The molecule has 0 fully saturated rings. The first-order valence-corrected chi connectivity index (χ1v) is 9.75. The summed E-state index contributed by atoms with van der Waals surface area (Å²) in [6.07, 6.45) is 0.705. The number of rotatable bonds is 5.